The predicted molar refractivity (Wildman–Crippen MR) is 85.6 cm³/mol. The molecular formula is C12H14ClIN2OS. The molecule has 0 bridgehead atoms. The second-order valence-electron chi connectivity index (χ2n) is 3.88. The fourth-order valence-electron chi connectivity index (χ4n) is 1.84. The zero-order chi connectivity index (χ0) is 13.1. The standard InChI is InChI=1S/C12H14ClIN2OS/c1-2-18(17)6-5-16-11-4-3-9(14)7-10(11)15-12(16)8-13/h3-4,7H,2,5-6,8H2,1H3. The van der Waals surface area contributed by atoms with Crippen molar-refractivity contribution in [1.29, 1.82) is 0 Å². The van der Waals surface area contributed by atoms with Crippen LogP contribution in [0.15, 0.2) is 18.2 Å². The van der Waals surface area contributed by atoms with Gasteiger partial charge in [-0.15, -0.1) is 11.6 Å². The average Bonchev–Trinajstić information content (AvgIpc) is 2.72. The van der Waals surface area contributed by atoms with E-state index in [1.807, 2.05) is 13.0 Å². The van der Waals surface area contributed by atoms with Gasteiger partial charge >= 0.3 is 0 Å². The van der Waals surface area contributed by atoms with Crippen molar-refractivity contribution in [2.24, 2.45) is 0 Å². The molecule has 0 amide bonds. The molecule has 0 aliphatic carbocycles. The average molecular weight is 397 g/mol. The van der Waals surface area contributed by atoms with E-state index in [-0.39, 0.29) is 0 Å². The molecule has 3 nitrogen and oxygen atoms in total. The van der Waals surface area contributed by atoms with Gasteiger partial charge in [0.1, 0.15) is 5.82 Å². The number of halogens is 2. The van der Waals surface area contributed by atoms with E-state index in [9.17, 15) is 4.21 Å². The molecule has 0 saturated heterocycles. The number of nitrogens with zero attached hydrogens (tertiary/aromatic N) is 2. The Morgan fingerprint density at radius 3 is 2.94 bits per heavy atom. The summed E-state index contributed by atoms with van der Waals surface area (Å²) in [5.74, 6) is 2.57. The van der Waals surface area contributed by atoms with Crippen molar-refractivity contribution in [2.75, 3.05) is 11.5 Å². The minimum atomic E-state index is -0.762. The van der Waals surface area contributed by atoms with Crippen molar-refractivity contribution < 1.29 is 4.21 Å². The molecule has 1 atom stereocenters. The van der Waals surface area contributed by atoms with Crippen LogP contribution in [0.25, 0.3) is 11.0 Å². The van der Waals surface area contributed by atoms with Crippen LogP contribution >= 0.6 is 34.2 Å². The maximum atomic E-state index is 11.5. The Kier molecular flexibility index (Phi) is 5.03. The lowest BCUT2D eigenvalue weighted by molar-refractivity contribution is 0.673. The summed E-state index contributed by atoms with van der Waals surface area (Å²) >= 11 is 8.20. The molecule has 0 radical (unpaired) electrons. The quantitative estimate of drug-likeness (QED) is 0.575. The Bertz CT molecular complexity index is 585. The fourth-order valence-corrected chi connectivity index (χ4v) is 3.20. The number of aryl methyl sites for hydroxylation is 1. The van der Waals surface area contributed by atoms with Crippen LogP contribution in [-0.2, 0) is 23.2 Å². The monoisotopic (exact) mass is 396 g/mol. The molecule has 0 aliphatic heterocycles. The van der Waals surface area contributed by atoms with Gasteiger partial charge in [0.25, 0.3) is 0 Å². The molecular weight excluding hydrogens is 383 g/mol. The Hall–Kier alpha value is -0.140. The summed E-state index contributed by atoms with van der Waals surface area (Å²) in [6.45, 7) is 2.65. The van der Waals surface area contributed by atoms with Gasteiger partial charge in [0.2, 0.25) is 0 Å². The van der Waals surface area contributed by atoms with Crippen molar-refractivity contribution in [3.8, 4) is 0 Å². The number of alkyl halides is 1. The molecule has 1 aromatic heterocycles. The number of aromatic nitrogens is 2. The molecule has 2 rings (SSSR count). The first-order valence-electron chi connectivity index (χ1n) is 5.71. The number of hydrogen-bond donors (Lipinski definition) is 0. The van der Waals surface area contributed by atoms with Gasteiger partial charge in [-0.25, -0.2) is 4.98 Å². The van der Waals surface area contributed by atoms with Crippen LogP contribution in [0, 0.1) is 3.57 Å². The molecule has 98 valence electrons. The summed E-state index contributed by atoms with van der Waals surface area (Å²) < 4.78 is 14.8. The van der Waals surface area contributed by atoms with Crippen molar-refractivity contribution in [3.05, 3.63) is 27.6 Å². The third-order valence-corrected chi connectivity index (χ3v) is 4.97. The molecule has 1 aromatic carbocycles. The normalized spacial score (nSPS) is 13.1. The molecule has 2 aromatic rings. The molecule has 0 spiro atoms. The first kappa shape index (κ1) is 14.3. The lowest BCUT2D eigenvalue weighted by atomic mass is 10.3. The SMILES string of the molecule is CCS(=O)CCn1c(CCl)nc2cc(I)ccc21. The van der Waals surface area contributed by atoms with Crippen LogP contribution in [0.5, 0.6) is 0 Å². The highest BCUT2D eigenvalue weighted by molar-refractivity contribution is 14.1. The van der Waals surface area contributed by atoms with Gasteiger partial charge in [0, 0.05) is 32.4 Å². The zero-order valence-electron chi connectivity index (χ0n) is 10.0. The predicted octanol–water partition coefficient (Wildman–Crippen LogP) is 3.15. The van der Waals surface area contributed by atoms with Gasteiger partial charge in [0.15, 0.2) is 0 Å². The number of imidazole rings is 1. The number of benzene rings is 1. The fraction of sp³-hybridized carbons (Fsp3) is 0.417. The van der Waals surface area contributed by atoms with Gasteiger partial charge in [0.05, 0.1) is 16.9 Å². The molecule has 0 N–H and O–H groups in total. The van der Waals surface area contributed by atoms with Crippen LogP contribution in [0.4, 0.5) is 0 Å². The van der Waals surface area contributed by atoms with E-state index in [2.05, 4.69) is 44.3 Å². The van der Waals surface area contributed by atoms with Crippen molar-refractivity contribution in [1.82, 2.24) is 9.55 Å². The highest BCUT2D eigenvalue weighted by Gasteiger charge is 2.10. The van der Waals surface area contributed by atoms with Crippen LogP contribution in [0.3, 0.4) is 0 Å². The Morgan fingerprint density at radius 2 is 2.28 bits per heavy atom. The number of rotatable bonds is 5. The molecule has 6 heteroatoms. The first-order valence-corrected chi connectivity index (χ1v) is 8.81. The Morgan fingerprint density at radius 1 is 1.50 bits per heavy atom. The first-order chi connectivity index (χ1) is 8.65. The maximum Gasteiger partial charge on any atom is 0.124 e. The van der Waals surface area contributed by atoms with E-state index in [1.54, 1.807) is 0 Å². The largest absolute Gasteiger partial charge is 0.326 e. The van der Waals surface area contributed by atoms with Crippen LogP contribution in [0.1, 0.15) is 12.7 Å². The van der Waals surface area contributed by atoms with Crippen LogP contribution < -0.4 is 0 Å². The van der Waals surface area contributed by atoms with Crippen LogP contribution in [-0.4, -0.2) is 25.3 Å². The summed E-state index contributed by atoms with van der Waals surface area (Å²) in [6.07, 6.45) is 0. The number of fused-ring (bicyclic) bond motifs is 1. The van der Waals surface area contributed by atoms with Crippen LogP contribution in [0.2, 0.25) is 0 Å². The highest BCUT2D eigenvalue weighted by atomic mass is 127. The van der Waals surface area contributed by atoms with Gasteiger partial charge < -0.3 is 4.57 Å². The summed E-state index contributed by atoms with van der Waals surface area (Å²) in [5, 5.41) is 0. The zero-order valence-corrected chi connectivity index (χ0v) is 13.8. The molecule has 0 aliphatic rings. The van der Waals surface area contributed by atoms with Gasteiger partial charge in [-0.1, -0.05) is 6.92 Å². The molecule has 1 heterocycles. The second kappa shape index (κ2) is 6.34. The van der Waals surface area contributed by atoms with Gasteiger partial charge in [-0.2, -0.15) is 0 Å². The van der Waals surface area contributed by atoms with Crippen molar-refractivity contribution >= 4 is 56.0 Å². The van der Waals surface area contributed by atoms with E-state index < -0.39 is 10.8 Å². The molecule has 0 fully saturated rings. The Labute approximate surface area is 128 Å². The van der Waals surface area contributed by atoms with Gasteiger partial charge in [-0.05, 0) is 40.8 Å². The van der Waals surface area contributed by atoms with Crippen molar-refractivity contribution in [2.45, 2.75) is 19.3 Å². The molecule has 18 heavy (non-hydrogen) atoms. The summed E-state index contributed by atoms with van der Waals surface area (Å²) in [6, 6.07) is 6.14. The second-order valence-corrected chi connectivity index (χ2v) is 7.26. The summed E-state index contributed by atoms with van der Waals surface area (Å²) in [4.78, 5) is 4.52. The summed E-state index contributed by atoms with van der Waals surface area (Å²) in [7, 11) is -0.762. The van der Waals surface area contributed by atoms with E-state index >= 15 is 0 Å². The van der Waals surface area contributed by atoms with E-state index in [1.165, 1.54) is 0 Å². The van der Waals surface area contributed by atoms with E-state index in [0.717, 1.165) is 20.4 Å². The topological polar surface area (TPSA) is 34.9 Å². The third-order valence-electron chi connectivity index (χ3n) is 2.77. The minimum Gasteiger partial charge on any atom is -0.326 e. The van der Waals surface area contributed by atoms with E-state index in [0.29, 0.717) is 23.9 Å². The molecule has 1 unspecified atom stereocenters. The summed E-state index contributed by atoms with van der Waals surface area (Å²) in [5.41, 5.74) is 2.03. The highest BCUT2D eigenvalue weighted by Crippen LogP contribution is 2.20. The van der Waals surface area contributed by atoms with Crippen molar-refractivity contribution in [3.63, 3.8) is 0 Å². The maximum absolute atomic E-state index is 11.5. The molecule has 0 saturated carbocycles. The third kappa shape index (κ3) is 3.05. The minimum absolute atomic E-state index is 0.379. The lowest BCUT2D eigenvalue weighted by Crippen LogP contribution is -2.11. The lowest BCUT2D eigenvalue weighted by Gasteiger charge is -2.06. The Balaban J connectivity index is 2.37. The van der Waals surface area contributed by atoms with Gasteiger partial charge in [-0.3, -0.25) is 4.21 Å². The van der Waals surface area contributed by atoms with E-state index in [4.69, 9.17) is 11.6 Å². The number of hydrogen-bond acceptors (Lipinski definition) is 2. The smallest absolute Gasteiger partial charge is 0.124 e.